The molecule has 0 unspecified atom stereocenters. The fourth-order valence-corrected chi connectivity index (χ4v) is 4.59. The summed E-state index contributed by atoms with van der Waals surface area (Å²) in [5.41, 5.74) is 1.28. The molecule has 0 heterocycles. The first kappa shape index (κ1) is 21.8. The highest BCUT2D eigenvalue weighted by atomic mass is 79.9. The molecule has 0 bridgehead atoms. The largest absolute Gasteiger partial charge is 0.380 e. The van der Waals surface area contributed by atoms with Crippen molar-refractivity contribution in [3.05, 3.63) is 58.6 Å². The first-order valence-corrected chi connectivity index (χ1v) is 12.0. The minimum Gasteiger partial charge on any atom is -0.380 e. The number of sulfonamides is 1. The third-order valence-corrected chi connectivity index (χ3v) is 7.01. The van der Waals surface area contributed by atoms with Gasteiger partial charge in [0.05, 0.1) is 10.5 Å². The molecule has 156 valence electrons. The summed E-state index contributed by atoms with van der Waals surface area (Å²) < 4.78 is 28.1. The van der Waals surface area contributed by atoms with Crippen LogP contribution in [0.15, 0.2) is 57.9 Å². The van der Waals surface area contributed by atoms with Gasteiger partial charge in [0.25, 0.3) is 5.91 Å². The van der Waals surface area contributed by atoms with Crippen molar-refractivity contribution in [1.29, 1.82) is 0 Å². The highest BCUT2D eigenvalue weighted by Gasteiger charge is 2.28. The quantitative estimate of drug-likeness (QED) is 0.510. The molecule has 8 heteroatoms. The van der Waals surface area contributed by atoms with Crippen molar-refractivity contribution in [2.24, 2.45) is 5.92 Å². The summed E-state index contributed by atoms with van der Waals surface area (Å²) in [6, 6.07) is 14.4. The van der Waals surface area contributed by atoms with Crippen molar-refractivity contribution in [2.75, 3.05) is 11.9 Å². The molecule has 1 saturated carbocycles. The highest BCUT2D eigenvalue weighted by molar-refractivity contribution is 9.10. The van der Waals surface area contributed by atoms with Gasteiger partial charge in [-0.1, -0.05) is 32.0 Å². The van der Waals surface area contributed by atoms with E-state index in [1.165, 1.54) is 12.1 Å². The number of hydrogen-bond donors (Lipinski definition) is 3. The number of halogens is 1. The maximum atomic E-state index is 12.8. The summed E-state index contributed by atoms with van der Waals surface area (Å²) in [4.78, 5) is 12.9. The number of benzene rings is 2. The number of carbonyl (C=O) groups is 1. The number of hydrogen-bond acceptors (Lipinski definition) is 4. The van der Waals surface area contributed by atoms with Gasteiger partial charge < -0.3 is 10.6 Å². The Morgan fingerprint density at radius 3 is 2.45 bits per heavy atom. The number of anilines is 1. The SMILES string of the molecule is CC(C)[C@H](CNC(=O)c1cc(S(=O)(=O)NC2CC2)ccc1Br)Nc1ccccc1. The van der Waals surface area contributed by atoms with Crippen molar-refractivity contribution in [1.82, 2.24) is 10.0 Å². The van der Waals surface area contributed by atoms with Crippen LogP contribution < -0.4 is 15.4 Å². The smallest absolute Gasteiger partial charge is 0.252 e. The molecule has 1 aliphatic rings. The lowest BCUT2D eigenvalue weighted by Gasteiger charge is -2.24. The van der Waals surface area contributed by atoms with Gasteiger partial charge in [0.15, 0.2) is 0 Å². The van der Waals surface area contributed by atoms with Crippen molar-refractivity contribution in [2.45, 2.75) is 43.7 Å². The van der Waals surface area contributed by atoms with Gasteiger partial charge in [-0.15, -0.1) is 0 Å². The zero-order valence-corrected chi connectivity index (χ0v) is 18.9. The molecule has 3 N–H and O–H groups in total. The van der Waals surface area contributed by atoms with E-state index in [1.54, 1.807) is 6.07 Å². The molecule has 1 aliphatic carbocycles. The Morgan fingerprint density at radius 1 is 1.14 bits per heavy atom. The van der Waals surface area contributed by atoms with Gasteiger partial charge in [-0.3, -0.25) is 4.79 Å². The van der Waals surface area contributed by atoms with Crippen LogP contribution in [-0.2, 0) is 10.0 Å². The molecule has 2 aromatic carbocycles. The summed E-state index contributed by atoms with van der Waals surface area (Å²) >= 11 is 3.36. The monoisotopic (exact) mass is 479 g/mol. The van der Waals surface area contributed by atoms with Crippen LogP contribution in [0.1, 0.15) is 37.0 Å². The lowest BCUT2D eigenvalue weighted by Crippen LogP contribution is -2.39. The molecule has 2 aromatic rings. The number of para-hydroxylation sites is 1. The molecule has 1 fully saturated rings. The van der Waals surface area contributed by atoms with Gasteiger partial charge >= 0.3 is 0 Å². The minimum absolute atomic E-state index is 0.0109. The first-order chi connectivity index (χ1) is 13.8. The Hall–Kier alpha value is -1.90. The Bertz CT molecular complexity index is 960. The van der Waals surface area contributed by atoms with E-state index in [0.717, 1.165) is 18.5 Å². The predicted molar refractivity (Wildman–Crippen MR) is 119 cm³/mol. The molecule has 0 aromatic heterocycles. The van der Waals surface area contributed by atoms with Crippen LogP contribution in [0.3, 0.4) is 0 Å². The fraction of sp³-hybridized carbons (Fsp3) is 0.381. The van der Waals surface area contributed by atoms with E-state index in [4.69, 9.17) is 0 Å². The van der Waals surface area contributed by atoms with E-state index in [2.05, 4.69) is 45.1 Å². The summed E-state index contributed by atoms with van der Waals surface area (Å²) in [6.45, 7) is 4.58. The molecule has 0 aliphatic heterocycles. The lowest BCUT2D eigenvalue weighted by atomic mass is 10.0. The van der Waals surface area contributed by atoms with Crippen LogP contribution in [0.4, 0.5) is 5.69 Å². The van der Waals surface area contributed by atoms with Gasteiger partial charge in [-0.2, -0.15) is 0 Å². The van der Waals surface area contributed by atoms with E-state index >= 15 is 0 Å². The van der Waals surface area contributed by atoms with Crippen LogP contribution >= 0.6 is 15.9 Å². The highest BCUT2D eigenvalue weighted by Crippen LogP contribution is 2.25. The molecule has 6 nitrogen and oxygen atoms in total. The Morgan fingerprint density at radius 2 is 1.83 bits per heavy atom. The van der Waals surface area contributed by atoms with Crippen molar-refractivity contribution in [3.8, 4) is 0 Å². The summed E-state index contributed by atoms with van der Waals surface area (Å²) in [5.74, 6) is -0.0331. The first-order valence-electron chi connectivity index (χ1n) is 9.68. The minimum atomic E-state index is -3.62. The van der Waals surface area contributed by atoms with Gasteiger partial charge in [0, 0.05) is 28.8 Å². The molecule has 0 saturated heterocycles. The van der Waals surface area contributed by atoms with Gasteiger partial charge in [0.1, 0.15) is 0 Å². The Balaban J connectivity index is 1.69. The third kappa shape index (κ3) is 6.04. The van der Waals surface area contributed by atoms with Gasteiger partial charge in [-0.05, 0) is 65.0 Å². The van der Waals surface area contributed by atoms with Crippen molar-refractivity contribution >= 4 is 37.5 Å². The molecule has 29 heavy (non-hydrogen) atoms. The summed E-state index contributed by atoms with van der Waals surface area (Å²) in [6.07, 6.45) is 1.71. The van der Waals surface area contributed by atoms with E-state index < -0.39 is 10.0 Å². The Labute approximate surface area is 180 Å². The standard InChI is InChI=1S/C21H26BrN3O3S/c1-14(2)20(24-15-6-4-3-5-7-15)13-23-21(26)18-12-17(10-11-19(18)22)29(27,28)25-16-8-9-16/h3-7,10-12,14,16,20,24-25H,8-9,13H2,1-2H3,(H,23,26)/t20-/m0/s1. The van der Waals surface area contributed by atoms with E-state index in [9.17, 15) is 13.2 Å². The van der Waals surface area contributed by atoms with E-state index in [1.807, 2.05) is 30.3 Å². The van der Waals surface area contributed by atoms with Crippen LogP contribution in [0, 0.1) is 5.92 Å². The molecule has 0 radical (unpaired) electrons. The number of rotatable bonds is 9. The van der Waals surface area contributed by atoms with Gasteiger partial charge in [0.2, 0.25) is 10.0 Å². The van der Waals surface area contributed by atoms with Crippen molar-refractivity contribution in [3.63, 3.8) is 0 Å². The molecule has 1 atom stereocenters. The second-order valence-corrected chi connectivity index (χ2v) is 10.2. The maximum Gasteiger partial charge on any atom is 0.252 e. The molecule has 3 rings (SSSR count). The molecule has 1 amide bonds. The van der Waals surface area contributed by atoms with E-state index in [-0.39, 0.29) is 28.8 Å². The predicted octanol–water partition coefficient (Wildman–Crippen LogP) is 3.76. The molecular weight excluding hydrogens is 454 g/mol. The number of amides is 1. The van der Waals surface area contributed by atoms with E-state index in [0.29, 0.717) is 16.6 Å². The second-order valence-electron chi connectivity index (χ2n) is 7.61. The van der Waals surface area contributed by atoms with Gasteiger partial charge in [-0.25, -0.2) is 13.1 Å². The van der Waals surface area contributed by atoms with Crippen LogP contribution in [0.5, 0.6) is 0 Å². The third-order valence-electron chi connectivity index (χ3n) is 4.81. The fourth-order valence-electron chi connectivity index (χ4n) is 2.83. The van der Waals surface area contributed by atoms with Crippen LogP contribution in [0.25, 0.3) is 0 Å². The second kappa shape index (κ2) is 9.28. The maximum absolute atomic E-state index is 12.8. The van der Waals surface area contributed by atoms with Crippen LogP contribution in [0.2, 0.25) is 0 Å². The normalized spacial score (nSPS) is 15.2. The molecular formula is C21H26BrN3O3S. The number of nitrogens with one attached hydrogen (secondary N) is 3. The average molecular weight is 480 g/mol. The zero-order chi connectivity index (χ0) is 21.0. The zero-order valence-electron chi connectivity index (χ0n) is 16.5. The topological polar surface area (TPSA) is 87.3 Å². The summed E-state index contributed by atoms with van der Waals surface area (Å²) in [7, 11) is -3.62. The number of carbonyl (C=O) groups excluding carboxylic acids is 1. The summed E-state index contributed by atoms with van der Waals surface area (Å²) in [5, 5.41) is 6.36. The Kier molecular flexibility index (Phi) is 6.97. The van der Waals surface area contributed by atoms with Crippen molar-refractivity contribution < 1.29 is 13.2 Å². The lowest BCUT2D eigenvalue weighted by molar-refractivity contribution is 0.0949. The average Bonchev–Trinajstić information content (AvgIpc) is 3.49. The van der Waals surface area contributed by atoms with Crippen LogP contribution in [-0.4, -0.2) is 33.0 Å². The molecule has 0 spiro atoms.